The molecular formula is C4H18N2NaO16P5. The second-order valence-electron chi connectivity index (χ2n) is 3.67. The standard InChI is InChI=1S/C4H17N2O16P5.Na.H/c1-3-15-25(12,20-24(10,11)19-23(7,8)9)21-26(13,16-4-2)22-27(14,17-5)18-6;;/h3-6H2,1-2H3,(H,10,11)(H2,7,8,9);;. The van der Waals surface area contributed by atoms with Crippen molar-refractivity contribution in [3.05, 3.63) is 0 Å². The minimum absolute atomic E-state index is 0. The van der Waals surface area contributed by atoms with Gasteiger partial charge in [0.2, 0.25) is 0 Å². The van der Waals surface area contributed by atoms with Crippen molar-refractivity contribution in [3.8, 4) is 0 Å². The molecule has 0 aromatic rings. The molecule has 0 aliphatic rings. The molecule has 24 heteroatoms. The van der Waals surface area contributed by atoms with Crippen molar-refractivity contribution in [3.63, 3.8) is 0 Å². The average Bonchev–Trinajstić information content (AvgIpc) is 2.43. The van der Waals surface area contributed by atoms with Crippen LogP contribution in [-0.4, -0.2) is 57.5 Å². The van der Waals surface area contributed by atoms with E-state index in [9.17, 15) is 27.7 Å². The van der Waals surface area contributed by atoms with Gasteiger partial charge >= 0.3 is 68.7 Å². The topological polar surface area (TPSA) is 272 Å². The van der Waals surface area contributed by atoms with Gasteiger partial charge in [-0.2, -0.15) is 26.5 Å². The summed E-state index contributed by atoms with van der Waals surface area (Å²) in [5, 5.41) is 0. The first-order valence-corrected chi connectivity index (χ1v) is 13.6. The summed E-state index contributed by atoms with van der Waals surface area (Å²) in [6.07, 6.45) is 0. The van der Waals surface area contributed by atoms with Crippen LogP contribution in [0.5, 0.6) is 0 Å². The third-order valence-electron chi connectivity index (χ3n) is 1.65. The van der Waals surface area contributed by atoms with Crippen LogP contribution in [0.1, 0.15) is 13.8 Å². The Balaban J connectivity index is 0. The Morgan fingerprint density at radius 3 is 1.36 bits per heavy atom. The molecule has 0 saturated heterocycles. The number of nitrogens with two attached hydrogens (primary N) is 2. The second kappa shape index (κ2) is 12.6. The Morgan fingerprint density at radius 1 is 0.679 bits per heavy atom. The van der Waals surface area contributed by atoms with Gasteiger partial charge in [-0.3, -0.25) is 9.05 Å². The molecule has 3 atom stereocenters. The summed E-state index contributed by atoms with van der Waals surface area (Å²) in [5.41, 5.74) is 0. The van der Waals surface area contributed by atoms with Crippen molar-refractivity contribution in [2.45, 2.75) is 13.8 Å². The van der Waals surface area contributed by atoms with E-state index in [0.29, 0.717) is 0 Å². The Morgan fingerprint density at radius 2 is 1.04 bits per heavy atom. The molecule has 7 N–H and O–H groups in total. The van der Waals surface area contributed by atoms with Crippen LogP contribution < -0.4 is 11.8 Å². The molecule has 166 valence electrons. The van der Waals surface area contributed by atoms with Gasteiger partial charge in [-0.05, 0) is 13.8 Å². The number of hydrogen-bond donors (Lipinski definition) is 5. The molecule has 3 unspecified atom stereocenters. The van der Waals surface area contributed by atoms with Crippen molar-refractivity contribution in [1.82, 2.24) is 0 Å². The second-order valence-corrected chi connectivity index (χ2v) is 11.8. The molecule has 0 aromatic heterocycles. The molecule has 0 bridgehead atoms. The van der Waals surface area contributed by atoms with E-state index in [0.717, 1.165) is 6.92 Å². The Hall–Kier alpha value is 1.63. The van der Waals surface area contributed by atoms with Crippen LogP contribution in [0.25, 0.3) is 0 Å². The van der Waals surface area contributed by atoms with Gasteiger partial charge in [0.05, 0.1) is 13.2 Å². The van der Waals surface area contributed by atoms with Crippen LogP contribution in [0.2, 0.25) is 0 Å². The van der Waals surface area contributed by atoms with E-state index >= 15 is 0 Å². The Bertz CT molecular complexity index is 714. The molecule has 0 radical (unpaired) electrons. The maximum absolute atomic E-state index is 12.4. The molecule has 0 aliphatic carbocycles. The van der Waals surface area contributed by atoms with Gasteiger partial charge in [0, 0.05) is 0 Å². The zero-order chi connectivity index (χ0) is 21.6. The summed E-state index contributed by atoms with van der Waals surface area (Å²) in [6, 6.07) is 0. The summed E-state index contributed by atoms with van der Waals surface area (Å²) in [6.45, 7) is 1.21. The number of phosphoric acid groups is 5. The van der Waals surface area contributed by atoms with Gasteiger partial charge in [-0.1, -0.05) is 0 Å². The normalized spacial score (nSPS) is 19.1. The van der Waals surface area contributed by atoms with Gasteiger partial charge in [-0.25, -0.2) is 34.6 Å². The van der Waals surface area contributed by atoms with E-state index in [1.54, 1.807) is 0 Å². The van der Waals surface area contributed by atoms with E-state index in [2.05, 4.69) is 47.3 Å². The zero-order valence-corrected chi connectivity index (χ0v) is 17.9. The first-order valence-electron chi connectivity index (χ1n) is 6.17. The quantitative estimate of drug-likeness (QED) is 0.118. The van der Waals surface area contributed by atoms with Crippen LogP contribution >= 0.6 is 39.1 Å². The summed E-state index contributed by atoms with van der Waals surface area (Å²) in [4.78, 5) is 26.3. The Labute approximate surface area is 180 Å². The van der Waals surface area contributed by atoms with Crippen LogP contribution in [0.3, 0.4) is 0 Å². The molecule has 0 amide bonds. The number of rotatable bonds is 14. The van der Waals surface area contributed by atoms with E-state index in [1.165, 1.54) is 6.92 Å². The van der Waals surface area contributed by atoms with Crippen LogP contribution in [0.4, 0.5) is 0 Å². The molecule has 0 saturated carbocycles. The zero-order valence-electron chi connectivity index (χ0n) is 13.5. The van der Waals surface area contributed by atoms with E-state index in [4.69, 9.17) is 9.79 Å². The van der Waals surface area contributed by atoms with Crippen molar-refractivity contribution in [1.29, 1.82) is 0 Å². The van der Waals surface area contributed by atoms with Crippen molar-refractivity contribution in [2.24, 2.45) is 11.8 Å². The molecule has 0 rings (SSSR count). The molecule has 0 aromatic carbocycles. The first-order chi connectivity index (χ1) is 12.1. The average molecular weight is 528 g/mol. The fraction of sp³-hybridized carbons (Fsp3) is 1.00. The molecule has 28 heavy (non-hydrogen) atoms. The molecule has 0 heterocycles. The SMILES string of the molecule is CCOP(=O)(OP(=O)(O)OP(=O)(O)O)OP(=O)(OCC)OP(=O)(ON)ON.[NaH]. The van der Waals surface area contributed by atoms with Crippen molar-refractivity contribution >= 4 is 68.7 Å². The molecule has 0 aliphatic heterocycles. The Kier molecular flexibility index (Phi) is 14.3. The fourth-order valence-corrected chi connectivity index (χ4v) is 7.98. The fourth-order valence-electron chi connectivity index (χ4n) is 1.02. The van der Waals surface area contributed by atoms with E-state index in [-0.39, 0.29) is 29.6 Å². The van der Waals surface area contributed by atoms with Gasteiger partial charge in [0.15, 0.2) is 0 Å². The van der Waals surface area contributed by atoms with Gasteiger partial charge < -0.3 is 14.7 Å². The van der Waals surface area contributed by atoms with Gasteiger partial charge in [0.25, 0.3) is 0 Å². The van der Waals surface area contributed by atoms with Crippen molar-refractivity contribution in [2.75, 3.05) is 13.2 Å². The van der Waals surface area contributed by atoms with E-state index < -0.39 is 52.3 Å². The van der Waals surface area contributed by atoms with Gasteiger partial charge in [-0.15, -0.1) is 0 Å². The predicted octanol–water partition coefficient (Wildman–Crippen LogP) is 0.775. The van der Waals surface area contributed by atoms with Crippen LogP contribution in [0.15, 0.2) is 0 Å². The monoisotopic (exact) mass is 528 g/mol. The first kappa shape index (κ1) is 31.8. The minimum atomic E-state index is -5.82. The van der Waals surface area contributed by atoms with E-state index in [1.807, 2.05) is 0 Å². The molecular weight excluding hydrogens is 510 g/mol. The maximum atomic E-state index is 12.4. The van der Waals surface area contributed by atoms with Crippen molar-refractivity contribution < 1.29 is 73.0 Å². The van der Waals surface area contributed by atoms with Crippen LogP contribution in [-0.2, 0) is 58.4 Å². The summed E-state index contributed by atoms with van der Waals surface area (Å²) >= 11 is 0. The molecule has 0 fully saturated rings. The summed E-state index contributed by atoms with van der Waals surface area (Å²) < 4.78 is 90.7. The van der Waals surface area contributed by atoms with Gasteiger partial charge in [0.1, 0.15) is 0 Å². The van der Waals surface area contributed by atoms with Crippen LogP contribution in [0, 0.1) is 0 Å². The third kappa shape index (κ3) is 12.5. The summed E-state index contributed by atoms with van der Waals surface area (Å²) in [5.74, 6) is 9.13. The predicted molar refractivity (Wildman–Crippen MR) is 90.0 cm³/mol. The summed E-state index contributed by atoms with van der Waals surface area (Å²) in [7, 11) is -27.3. The molecule has 0 spiro atoms. The molecule has 18 nitrogen and oxygen atoms in total. The third-order valence-corrected chi connectivity index (χ3v) is 9.81. The number of hydrogen-bond acceptors (Lipinski definition) is 15.